The number of carbonyl (C=O) groups excluding carboxylic acids is 2. The van der Waals surface area contributed by atoms with Crippen molar-refractivity contribution in [3.8, 4) is 0 Å². The zero-order valence-corrected chi connectivity index (χ0v) is 8.14. The van der Waals surface area contributed by atoms with Gasteiger partial charge in [0.2, 0.25) is 5.91 Å². The molecule has 0 radical (unpaired) electrons. The van der Waals surface area contributed by atoms with Crippen LogP contribution in [0.1, 0.15) is 13.3 Å². The largest absolute Gasteiger partial charge is 0.312 e. The molecule has 0 aliphatic heterocycles. The van der Waals surface area contributed by atoms with Gasteiger partial charge in [0.15, 0.2) is 0 Å². The van der Waals surface area contributed by atoms with Gasteiger partial charge in [-0.25, -0.2) is 0 Å². The molecule has 0 aliphatic rings. The molecule has 0 aliphatic carbocycles. The number of benzene rings is 1. The first-order valence-electron chi connectivity index (χ1n) is 4.52. The molecule has 3 nitrogen and oxygen atoms in total. The molecule has 0 heterocycles. The Morgan fingerprint density at radius 1 is 1.36 bits per heavy atom. The Balaban J connectivity index is 2.78. The summed E-state index contributed by atoms with van der Waals surface area (Å²) in [5.41, 5.74) is 0.835. The van der Waals surface area contributed by atoms with Crippen molar-refractivity contribution in [3.05, 3.63) is 30.3 Å². The molecule has 0 saturated carbocycles. The Hall–Kier alpha value is -1.64. The maximum absolute atomic E-state index is 11.3. The molecule has 0 fully saturated rings. The molecule has 0 unspecified atom stereocenters. The topological polar surface area (TPSA) is 37.4 Å². The first kappa shape index (κ1) is 10.4. The number of nitrogens with zero attached hydrogens (tertiary/aromatic N) is 1. The van der Waals surface area contributed by atoms with Crippen molar-refractivity contribution in [2.45, 2.75) is 13.3 Å². The molecule has 0 atom stereocenters. The van der Waals surface area contributed by atoms with Crippen LogP contribution in [-0.2, 0) is 9.59 Å². The van der Waals surface area contributed by atoms with E-state index < -0.39 is 0 Å². The molecule has 3 heteroatoms. The Morgan fingerprint density at radius 3 is 2.50 bits per heavy atom. The third-order valence-corrected chi connectivity index (χ3v) is 1.92. The SMILES string of the molecule is CC(=O)N(CCC=O)c1ccccc1. The van der Waals surface area contributed by atoms with E-state index in [1.54, 1.807) is 4.90 Å². The lowest BCUT2D eigenvalue weighted by atomic mass is 10.2. The number of aldehydes is 1. The molecule has 0 spiro atoms. The van der Waals surface area contributed by atoms with E-state index in [0.717, 1.165) is 12.0 Å². The molecule has 14 heavy (non-hydrogen) atoms. The van der Waals surface area contributed by atoms with Crippen LogP contribution in [0.15, 0.2) is 30.3 Å². The van der Waals surface area contributed by atoms with Crippen molar-refractivity contribution in [2.75, 3.05) is 11.4 Å². The Kier molecular flexibility index (Phi) is 3.85. The maximum atomic E-state index is 11.3. The third-order valence-electron chi connectivity index (χ3n) is 1.92. The number of hydrogen-bond donors (Lipinski definition) is 0. The van der Waals surface area contributed by atoms with Gasteiger partial charge in [-0.3, -0.25) is 4.79 Å². The average molecular weight is 191 g/mol. The van der Waals surface area contributed by atoms with Gasteiger partial charge in [0, 0.05) is 25.6 Å². The number of para-hydroxylation sites is 1. The zero-order valence-electron chi connectivity index (χ0n) is 8.14. The van der Waals surface area contributed by atoms with Crippen LogP contribution < -0.4 is 4.90 Å². The molecular formula is C11H13NO2. The monoisotopic (exact) mass is 191 g/mol. The van der Waals surface area contributed by atoms with Gasteiger partial charge in [0.25, 0.3) is 0 Å². The van der Waals surface area contributed by atoms with E-state index in [-0.39, 0.29) is 5.91 Å². The lowest BCUT2D eigenvalue weighted by Crippen LogP contribution is -2.29. The number of rotatable bonds is 4. The van der Waals surface area contributed by atoms with Gasteiger partial charge < -0.3 is 9.69 Å². The van der Waals surface area contributed by atoms with Crippen LogP contribution in [0.4, 0.5) is 5.69 Å². The minimum absolute atomic E-state index is 0.0435. The predicted molar refractivity (Wildman–Crippen MR) is 55.2 cm³/mol. The molecule has 0 N–H and O–H groups in total. The Bertz CT molecular complexity index is 308. The second kappa shape index (κ2) is 5.17. The van der Waals surface area contributed by atoms with E-state index in [0.29, 0.717) is 13.0 Å². The van der Waals surface area contributed by atoms with Crippen LogP contribution in [-0.4, -0.2) is 18.7 Å². The first-order chi connectivity index (χ1) is 6.75. The summed E-state index contributed by atoms with van der Waals surface area (Å²) in [5.74, 6) is -0.0435. The van der Waals surface area contributed by atoms with Gasteiger partial charge in [0.1, 0.15) is 6.29 Å². The fraction of sp³-hybridized carbons (Fsp3) is 0.273. The lowest BCUT2D eigenvalue weighted by Gasteiger charge is -2.19. The molecule has 0 aromatic heterocycles. The number of anilines is 1. The van der Waals surface area contributed by atoms with Gasteiger partial charge in [0.05, 0.1) is 0 Å². The van der Waals surface area contributed by atoms with Crippen molar-refractivity contribution in [1.29, 1.82) is 0 Å². The average Bonchev–Trinajstić information content (AvgIpc) is 2.19. The van der Waals surface area contributed by atoms with Crippen molar-refractivity contribution in [1.82, 2.24) is 0 Å². The first-order valence-corrected chi connectivity index (χ1v) is 4.52. The number of amides is 1. The normalized spacial score (nSPS) is 9.50. The second-order valence-electron chi connectivity index (χ2n) is 2.96. The summed E-state index contributed by atoms with van der Waals surface area (Å²) in [6.07, 6.45) is 1.19. The summed E-state index contributed by atoms with van der Waals surface area (Å²) < 4.78 is 0. The van der Waals surface area contributed by atoms with Crippen LogP contribution in [0.2, 0.25) is 0 Å². The van der Waals surface area contributed by atoms with Gasteiger partial charge in [-0.05, 0) is 12.1 Å². The predicted octanol–water partition coefficient (Wildman–Crippen LogP) is 1.63. The highest BCUT2D eigenvalue weighted by Gasteiger charge is 2.09. The van der Waals surface area contributed by atoms with Crippen LogP contribution >= 0.6 is 0 Å². The smallest absolute Gasteiger partial charge is 0.223 e. The highest BCUT2D eigenvalue weighted by Crippen LogP contribution is 2.13. The molecule has 0 saturated heterocycles. The molecule has 74 valence electrons. The molecular weight excluding hydrogens is 178 g/mol. The quantitative estimate of drug-likeness (QED) is 0.678. The van der Waals surface area contributed by atoms with E-state index >= 15 is 0 Å². The van der Waals surface area contributed by atoms with E-state index in [4.69, 9.17) is 0 Å². The number of hydrogen-bond acceptors (Lipinski definition) is 2. The van der Waals surface area contributed by atoms with Crippen LogP contribution in [0.5, 0.6) is 0 Å². The highest BCUT2D eigenvalue weighted by atomic mass is 16.2. The molecule has 1 aromatic carbocycles. The molecule has 0 bridgehead atoms. The van der Waals surface area contributed by atoms with E-state index in [1.807, 2.05) is 30.3 Å². The van der Waals surface area contributed by atoms with Gasteiger partial charge in [-0.2, -0.15) is 0 Å². The minimum atomic E-state index is -0.0435. The van der Waals surface area contributed by atoms with E-state index in [2.05, 4.69) is 0 Å². The molecule has 1 amide bonds. The van der Waals surface area contributed by atoms with Crippen molar-refractivity contribution in [2.24, 2.45) is 0 Å². The van der Waals surface area contributed by atoms with Crippen LogP contribution in [0, 0.1) is 0 Å². The summed E-state index contributed by atoms with van der Waals surface area (Å²) in [5, 5.41) is 0. The van der Waals surface area contributed by atoms with Gasteiger partial charge in [-0.1, -0.05) is 18.2 Å². The summed E-state index contributed by atoms with van der Waals surface area (Å²) >= 11 is 0. The van der Waals surface area contributed by atoms with Crippen LogP contribution in [0.25, 0.3) is 0 Å². The van der Waals surface area contributed by atoms with Crippen molar-refractivity contribution >= 4 is 17.9 Å². The fourth-order valence-electron chi connectivity index (χ4n) is 1.26. The third kappa shape index (κ3) is 2.69. The van der Waals surface area contributed by atoms with Crippen molar-refractivity contribution < 1.29 is 9.59 Å². The number of carbonyl (C=O) groups is 2. The standard InChI is InChI=1S/C11H13NO2/c1-10(14)12(8-5-9-13)11-6-3-2-4-7-11/h2-4,6-7,9H,5,8H2,1H3. The highest BCUT2D eigenvalue weighted by molar-refractivity contribution is 5.91. The molecule has 1 aromatic rings. The summed E-state index contributed by atoms with van der Waals surface area (Å²) in [4.78, 5) is 23.1. The molecule has 1 rings (SSSR count). The van der Waals surface area contributed by atoms with Crippen molar-refractivity contribution in [3.63, 3.8) is 0 Å². The minimum Gasteiger partial charge on any atom is -0.312 e. The summed E-state index contributed by atoms with van der Waals surface area (Å²) in [7, 11) is 0. The fourth-order valence-corrected chi connectivity index (χ4v) is 1.26. The second-order valence-corrected chi connectivity index (χ2v) is 2.96. The summed E-state index contributed by atoms with van der Waals surface area (Å²) in [6, 6.07) is 9.33. The summed E-state index contributed by atoms with van der Waals surface area (Å²) in [6.45, 7) is 1.95. The van der Waals surface area contributed by atoms with Gasteiger partial charge in [-0.15, -0.1) is 0 Å². The maximum Gasteiger partial charge on any atom is 0.223 e. The zero-order chi connectivity index (χ0) is 10.4. The Morgan fingerprint density at radius 2 is 2.00 bits per heavy atom. The lowest BCUT2D eigenvalue weighted by molar-refractivity contribution is -0.116. The van der Waals surface area contributed by atoms with E-state index in [9.17, 15) is 9.59 Å². The van der Waals surface area contributed by atoms with Crippen LogP contribution in [0.3, 0.4) is 0 Å². The Labute approximate surface area is 83.3 Å². The van der Waals surface area contributed by atoms with Gasteiger partial charge >= 0.3 is 0 Å². The van der Waals surface area contributed by atoms with E-state index in [1.165, 1.54) is 6.92 Å².